The van der Waals surface area contributed by atoms with Gasteiger partial charge < -0.3 is 4.74 Å². The number of hydrogen-bond donors (Lipinski definition) is 0. The predicted molar refractivity (Wildman–Crippen MR) is 65.6 cm³/mol. The molecule has 3 nitrogen and oxygen atoms in total. The van der Waals surface area contributed by atoms with Gasteiger partial charge in [0.05, 0.1) is 13.0 Å². The smallest absolute Gasteiger partial charge is 0.306 e. The monoisotopic (exact) mass is 252 g/mol. The molecule has 0 heterocycles. The predicted octanol–water partition coefficient (Wildman–Crippen LogP) is 2.67. The average Bonchev–Trinajstić information content (AvgIpc) is 2.36. The van der Waals surface area contributed by atoms with Crippen LogP contribution in [-0.4, -0.2) is 18.4 Å². The van der Waals surface area contributed by atoms with Crippen LogP contribution in [0.15, 0.2) is 24.3 Å². The lowest BCUT2D eigenvalue weighted by Gasteiger charge is -2.02. The Hall–Kier alpha value is -1.71. The van der Waals surface area contributed by atoms with E-state index in [-0.39, 0.29) is 30.4 Å². The first-order chi connectivity index (χ1) is 8.61. The Labute approximate surface area is 106 Å². The van der Waals surface area contributed by atoms with E-state index < -0.39 is 0 Å². The highest BCUT2D eigenvalue weighted by Crippen LogP contribution is 2.07. The van der Waals surface area contributed by atoms with Gasteiger partial charge in [0.1, 0.15) is 11.6 Å². The van der Waals surface area contributed by atoms with Crippen LogP contribution in [-0.2, 0) is 20.7 Å². The van der Waals surface area contributed by atoms with Crippen LogP contribution in [0.3, 0.4) is 0 Å². The van der Waals surface area contributed by atoms with E-state index in [0.29, 0.717) is 19.4 Å². The number of Topliss-reactive ketones (excluding diaryl/α,β-unsaturated/α-hetero) is 1. The fourth-order valence-electron chi connectivity index (χ4n) is 1.53. The lowest BCUT2D eigenvalue weighted by molar-refractivity contribution is -0.144. The van der Waals surface area contributed by atoms with Crippen LogP contribution in [0.5, 0.6) is 0 Å². The van der Waals surface area contributed by atoms with Gasteiger partial charge in [0.15, 0.2) is 0 Å². The summed E-state index contributed by atoms with van der Waals surface area (Å²) >= 11 is 0. The highest BCUT2D eigenvalue weighted by Gasteiger charge is 2.07. The van der Waals surface area contributed by atoms with E-state index in [1.54, 1.807) is 19.1 Å². The summed E-state index contributed by atoms with van der Waals surface area (Å²) in [5, 5.41) is 0. The van der Waals surface area contributed by atoms with E-state index in [2.05, 4.69) is 0 Å². The van der Waals surface area contributed by atoms with Crippen molar-refractivity contribution in [2.24, 2.45) is 0 Å². The van der Waals surface area contributed by atoms with E-state index in [9.17, 15) is 14.0 Å². The van der Waals surface area contributed by atoms with Gasteiger partial charge in [-0.3, -0.25) is 9.59 Å². The second kappa shape index (κ2) is 7.58. The second-order valence-electron chi connectivity index (χ2n) is 3.97. The van der Waals surface area contributed by atoms with Crippen molar-refractivity contribution in [3.8, 4) is 0 Å². The first-order valence-corrected chi connectivity index (χ1v) is 6.03. The molecule has 1 aromatic rings. The molecular weight excluding hydrogens is 235 g/mol. The minimum Gasteiger partial charge on any atom is -0.466 e. The van der Waals surface area contributed by atoms with Crippen LogP contribution in [0.1, 0.15) is 31.7 Å². The molecule has 0 unspecified atom stereocenters. The van der Waals surface area contributed by atoms with Gasteiger partial charge in [-0.1, -0.05) is 12.1 Å². The number of esters is 1. The molecule has 4 heteroatoms. The molecule has 0 N–H and O–H groups in total. The Kier molecular flexibility index (Phi) is 6.05. The largest absolute Gasteiger partial charge is 0.466 e. The van der Waals surface area contributed by atoms with E-state index in [4.69, 9.17) is 4.74 Å². The maximum absolute atomic E-state index is 12.6. The zero-order chi connectivity index (χ0) is 13.4. The van der Waals surface area contributed by atoms with Crippen molar-refractivity contribution < 1.29 is 18.7 Å². The lowest BCUT2D eigenvalue weighted by Crippen LogP contribution is -2.08. The van der Waals surface area contributed by atoms with E-state index >= 15 is 0 Å². The average molecular weight is 252 g/mol. The Morgan fingerprint density at radius 1 is 1.11 bits per heavy atom. The first-order valence-electron chi connectivity index (χ1n) is 6.03. The lowest BCUT2D eigenvalue weighted by atomic mass is 10.1. The molecule has 0 aromatic heterocycles. The summed E-state index contributed by atoms with van der Waals surface area (Å²) in [6.45, 7) is 2.07. The molecule has 0 aliphatic rings. The van der Waals surface area contributed by atoms with Crippen molar-refractivity contribution in [2.45, 2.75) is 32.6 Å². The number of carbonyl (C=O) groups is 2. The van der Waals surface area contributed by atoms with Crippen LogP contribution in [0, 0.1) is 5.82 Å². The highest BCUT2D eigenvalue weighted by molar-refractivity contribution is 5.83. The van der Waals surface area contributed by atoms with E-state index in [1.807, 2.05) is 0 Å². The van der Waals surface area contributed by atoms with Crippen molar-refractivity contribution in [3.63, 3.8) is 0 Å². The third kappa shape index (κ3) is 5.57. The normalized spacial score (nSPS) is 10.1. The molecule has 0 amide bonds. The molecular formula is C14H17FO3. The molecule has 0 atom stereocenters. The minimum atomic E-state index is -0.340. The number of ether oxygens (including phenoxy) is 1. The van der Waals surface area contributed by atoms with Crippen LogP contribution in [0.4, 0.5) is 4.39 Å². The molecule has 0 fully saturated rings. The third-order valence-corrected chi connectivity index (χ3v) is 2.52. The van der Waals surface area contributed by atoms with Crippen LogP contribution in [0.25, 0.3) is 0 Å². The molecule has 18 heavy (non-hydrogen) atoms. The Morgan fingerprint density at radius 2 is 1.78 bits per heavy atom. The van der Waals surface area contributed by atoms with Gasteiger partial charge in [0.2, 0.25) is 0 Å². The van der Waals surface area contributed by atoms with Crippen molar-refractivity contribution in [3.05, 3.63) is 35.6 Å². The van der Waals surface area contributed by atoms with Gasteiger partial charge in [0, 0.05) is 12.8 Å². The number of hydrogen-bond acceptors (Lipinski definition) is 3. The molecule has 0 bridgehead atoms. The highest BCUT2D eigenvalue weighted by atomic mass is 19.1. The maximum atomic E-state index is 12.6. The molecule has 0 aliphatic heterocycles. The fourth-order valence-corrected chi connectivity index (χ4v) is 1.53. The van der Waals surface area contributed by atoms with E-state index in [1.165, 1.54) is 12.1 Å². The number of carbonyl (C=O) groups excluding carboxylic acids is 2. The van der Waals surface area contributed by atoms with Gasteiger partial charge in [-0.2, -0.15) is 0 Å². The molecule has 98 valence electrons. The topological polar surface area (TPSA) is 43.4 Å². The fraction of sp³-hybridized carbons (Fsp3) is 0.429. The van der Waals surface area contributed by atoms with Gasteiger partial charge in [-0.15, -0.1) is 0 Å². The molecule has 0 spiro atoms. The summed E-state index contributed by atoms with van der Waals surface area (Å²) in [6, 6.07) is 6.07. The van der Waals surface area contributed by atoms with Gasteiger partial charge in [-0.25, -0.2) is 4.39 Å². The molecule has 1 rings (SSSR count). The third-order valence-electron chi connectivity index (χ3n) is 2.52. The Bertz CT molecular complexity index is 398. The number of rotatable bonds is 7. The summed E-state index contributed by atoms with van der Waals surface area (Å²) in [5.74, 6) is -0.604. The molecule has 0 radical (unpaired) electrons. The second-order valence-corrected chi connectivity index (χ2v) is 3.97. The zero-order valence-electron chi connectivity index (χ0n) is 10.4. The number of benzene rings is 1. The summed E-state index contributed by atoms with van der Waals surface area (Å²) in [6.07, 6.45) is 1.28. The number of aryl methyl sites for hydroxylation is 1. The summed E-state index contributed by atoms with van der Waals surface area (Å²) < 4.78 is 17.4. The van der Waals surface area contributed by atoms with Gasteiger partial charge in [0.25, 0.3) is 0 Å². The van der Waals surface area contributed by atoms with Crippen LogP contribution in [0.2, 0.25) is 0 Å². The van der Waals surface area contributed by atoms with Crippen molar-refractivity contribution in [2.75, 3.05) is 6.61 Å². The SMILES string of the molecule is CCOC(=O)CCC(=O)CCc1ccc(F)cc1. The number of halogens is 1. The first kappa shape index (κ1) is 14.4. The van der Waals surface area contributed by atoms with Gasteiger partial charge in [-0.05, 0) is 31.0 Å². The maximum Gasteiger partial charge on any atom is 0.306 e. The van der Waals surface area contributed by atoms with Crippen molar-refractivity contribution in [1.29, 1.82) is 0 Å². The Morgan fingerprint density at radius 3 is 2.39 bits per heavy atom. The van der Waals surface area contributed by atoms with Crippen LogP contribution >= 0.6 is 0 Å². The van der Waals surface area contributed by atoms with E-state index in [0.717, 1.165) is 5.56 Å². The van der Waals surface area contributed by atoms with Crippen molar-refractivity contribution in [1.82, 2.24) is 0 Å². The van der Waals surface area contributed by atoms with Gasteiger partial charge >= 0.3 is 5.97 Å². The molecule has 1 aromatic carbocycles. The number of ketones is 1. The molecule has 0 aliphatic carbocycles. The molecule has 0 saturated heterocycles. The minimum absolute atomic E-state index is 0.0207. The zero-order valence-corrected chi connectivity index (χ0v) is 10.4. The van der Waals surface area contributed by atoms with Crippen LogP contribution < -0.4 is 0 Å². The summed E-state index contributed by atoms with van der Waals surface area (Å²) in [7, 11) is 0. The summed E-state index contributed by atoms with van der Waals surface area (Å²) in [5.41, 5.74) is 0.917. The molecule has 0 saturated carbocycles. The van der Waals surface area contributed by atoms with Crippen molar-refractivity contribution >= 4 is 11.8 Å². The summed E-state index contributed by atoms with van der Waals surface area (Å²) in [4.78, 5) is 22.6. The quantitative estimate of drug-likeness (QED) is 0.701. The standard InChI is InChI=1S/C14H17FO3/c1-2-18-14(17)10-9-13(16)8-5-11-3-6-12(15)7-4-11/h3-4,6-7H,2,5,8-10H2,1H3. The Balaban J connectivity index is 2.24.